The van der Waals surface area contributed by atoms with Crippen LogP contribution < -0.4 is 0 Å². The molecule has 0 aliphatic carbocycles. The van der Waals surface area contributed by atoms with Crippen LogP contribution in [-0.2, 0) is 10.0 Å². The average molecular weight is 391 g/mol. The summed E-state index contributed by atoms with van der Waals surface area (Å²) < 4.78 is 28.2. The van der Waals surface area contributed by atoms with E-state index in [0.29, 0.717) is 5.56 Å². The molecule has 3 rings (SSSR count). The fourth-order valence-electron chi connectivity index (χ4n) is 3.71. The van der Waals surface area contributed by atoms with E-state index in [0.717, 1.165) is 11.1 Å². The van der Waals surface area contributed by atoms with Gasteiger partial charge in [0.05, 0.1) is 23.1 Å². The van der Waals surface area contributed by atoms with Gasteiger partial charge in [0.1, 0.15) is 0 Å². The van der Waals surface area contributed by atoms with Crippen molar-refractivity contribution in [2.45, 2.75) is 24.8 Å². The van der Waals surface area contributed by atoms with Crippen molar-refractivity contribution >= 4 is 10.0 Å². The third-order valence-corrected chi connectivity index (χ3v) is 7.20. The van der Waals surface area contributed by atoms with Crippen molar-refractivity contribution in [3.8, 4) is 12.1 Å². The molecule has 142 valence electrons. The molecule has 1 aliphatic rings. The van der Waals surface area contributed by atoms with Gasteiger partial charge in [0.25, 0.3) is 0 Å². The zero-order valence-electron chi connectivity index (χ0n) is 15.8. The van der Waals surface area contributed by atoms with Crippen LogP contribution in [0.3, 0.4) is 0 Å². The van der Waals surface area contributed by atoms with Crippen LogP contribution in [0, 0.1) is 47.8 Å². The molecule has 5 nitrogen and oxygen atoms in total. The summed E-state index contributed by atoms with van der Waals surface area (Å²) in [4.78, 5) is 0.143. The minimum absolute atomic E-state index is 0.0272. The van der Waals surface area contributed by atoms with Crippen molar-refractivity contribution in [2.24, 2.45) is 11.3 Å². The van der Waals surface area contributed by atoms with E-state index in [1.54, 1.807) is 36.4 Å². The molecule has 1 saturated heterocycles. The van der Waals surface area contributed by atoms with Crippen LogP contribution >= 0.6 is 0 Å². The number of nitriles is 2. The maximum Gasteiger partial charge on any atom is 0.243 e. The maximum absolute atomic E-state index is 13.5. The second-order valence-electron chi connectivity index (χ2n) is 7.14. The SMILES string of the molecule is C=C[C@H]1CN(S(=O)(=O)c2ccc(C)cc2)[C@@H](c2ccc(C)cc2)C1(C#N)C#N. The summed E-state index contributed by atoms with van der Waals surface area (Å²) in [6.07, 6.45) is 1.51. The van der Waals surface area contributed by atoms with Gasteiger partial charge in [0, 0.05) is 12.5 Å². The highest BCUT2D eigenvalue weighted by Crippen LogP contribution is 2.52. The van der Waals surface area contributed by atoms with E-state index in [4.69, 9.17) is 0 Å². The van der Waals surface area contributed by atoms with Gasteiger partial charge >= 0.3 is 0 Å². The maximum atomic E-state index is 13.5. The van der Waals surface area contributed by atoms with Crippen molar-refractivity contribution in [2.75, 3.05) is 6.54 Å². The highest BCUT2D eigenvalue weighted by molar-refractivity contribution is 7.89. The van der Waals surface area contributed by atoms with Crippen molar-refractivity contribution in [1.29, 1.82) is 10.5 Å². The summed E-state index contributed by atoms with van der Waals surface area (Å²) in [6, 6.07) is 17.2. The van der Waals surface area contributed by atoms with E-state index < -0.39 is 27.4 Å². The van der Waals surface area contributed by atoms with E-state index in [2.05, 4.69) is 18.7 Å². The fourth-order valence-corrected chi connectivity index (χ4v) is 5.38. The van der Waals surface area contributed by atoms with Gasteiger partial charge in [0.15, 0.2) is 5.41 Å². The Hall–Kier alpha value is -2.93. The van der Waals surface area contributed by atoms with Gasteiger partial charge in [-0.05, 0) is 31.5 Å². The van der Waals surface area contributed by atoms with Crippen LogP contribution in [0.2, 0.25) is 0 Å². The molecule has 0 amide bonds. The average Bonchev–Trinajstić information content (AvgIpc) is 3.04. The molecule has 28 heavy (non-hydrogen) atoms. The number of nitrogens with zero attached hydrogens (tertiary/aromatic N) is 3. The molecule has 1 aliphatic heterocycles. The molecular weight excluding hydrogens is 370 g/mol. The van der Waals surface area contributed by atoms with Crippen LogP contribution in [0.4, 0.5) is 0 Å². The predicted octanol–water partition coefficient (Wildman–Crippen LogP) is 3.88. The van der Waals surface area contributed by atoms with E-state index in [9.17, 15) is 18.9 Å². The lowest BCUT2D eigenvalue weighted by Crippen LogP contribution is -2.35. The molecule has 0 radical (unpaired) electrons. The van der Waals surface area contributed by atoms with Crippen LogP contribution in [0.1, 0.15) is 22.7 Å². The third-order valence-electron chi connectivity index (χ3n) is 5.36. The van der Waals surface area contributed by atoms with Crippen molar-refractivity contribution in [1.82, 2.24) is 4.31 Å². The lowest BCUT2D eigenvalue weighted by Gasteiger charge is -2.29. The Labute approximate surface area is 166 Å². The van der Waals surface area contributed by atoms with Gasteiger partial charge in [-0.3, -0.25) is 0 Å². The molecule has 0 N–H and O–H groups in total. The van der Waals surface area contributed by atoms with Crippen LogP contribution in [0.15, 0.2) is 66.1 Å². The number of rotatable bonds is 4. The Morgan fingerprint density at radius 2 is 1.54 bits per heavy atom. The van der Waals surface area contributed by atoms with Crippen LogP contribution in [-0.4, -0.2) is 19.3 Å². The quantitative estimate of drug-likeness (QED) is 0.740. The molecule has 6 heteroatoms. The Balaban J connectivity index is 2.22. The molecule has 1 fully saturated rings. The zero-order chi connectivity index (χ0) is 20.5. The van der Waals surface area contributed by atoms with Crippen molar-refractivity contribution in [3.05, 3.63) is 77.9 Å². The number of sulfonamides is 1. The fraction of sp³-hybridized carbons (Fsp3) is 0.273. The van der Waals surface area contributed by atoms with Gasteiger partial charge in [0.2, 0.25) is 10.0 Å². The Morgan fingerprint density at radius 1 is 1.04 bits per heavy atom. The van der Waals surface area contributed by atoms with Crippen LogP contribution in [0.5, 0.6) is 0 Å². The second kappa shape index (κ2) is 7.24. The summed E-state index contributed by atoms with van der Waals surface area (Å²) in [5.41, 5.74) is 1.03. The van der Waals surface area contributed by atoms with E-state index in [1.807, 2.05) is 26.0 Å². The Morgan fingerprint density at radius 3 is 2.00 bits per heavy atom. The largest absolute Gasteiger partial charge is 0.243 e. The van der Waals surface area contributed by atoms with Crippen molar-refractivity contribution < 1.29 is 8.42 Å². The Bertz CT molecular complexity index is 1060. The first-order valence-electron chi connectivity index (χ1n) is 8.90. The summed E-state index contributed by atoms with van der Waals surface area (Å²) in [5.74, 6) is -0.603. The first kappa shape index (κ1) is 19.8. The summed E-state index contributed by atoms with van der Waals surface area (Å²) in [5, 5.41) is 19.9. The van der Waals surface area contributed by atoms with Gasteiger partial charge < -0.3 is 0 Å². The minimum atomic E-state index is -3.91. The molecule has 2 aromatic rings. The number of benzene rings is 2. The molecule has 2 aromatic carbocycles. The predicted molar refractivity (Wildman–Crippen MR) is 106 cm³/mol. The van der Waals surface area contributed by atoms with Crippen LogP contribution in [0.25, 0.3) is 0 Å². The molecule has 2 atom stereocenters. The third kappa shape index (κ3) is 3.01. The first-order valence-corrected chi connectivity index (χ1v) is 10.3. The van der Waals surface area contributed by atoms with Crippen molar-refractivity contribution in [3.63, 3.8) is 0 Å². The molecule has 0 unspecified atom stereocenters. The van der Waals surface area contributed by atoms with Gasteiger partial charge in [-0.2, -0.15) is 14.8 Å². The van der Waals surface area contributed by atoms with Gasteiger partial charge in [-0.25, -0.2) is 8.42 Å². The van der Waals surface area contributed by atoms with E-state index in [1.165, 1.54) is 10.4 Å². The molecule has 0 bridgehead atoms. The van der Waals surface area contributed by atoms with Gasteiger partial charge in [-0.15, -0.1) is 6.58 Å². The molecule has 0 spiro atoms. The monoisotopic (exact) mass is 391 g/mol. The normalized spacial score (nSPS) is 21.6. The standard InChI is InChI=1S/C22H21N3O2S/c1-4-19-13-25(28(26,27)20-11-7-17(3)8-12-20)21(22(19,14-23)15-24)18-9-5-16(2)6-10-18/h4-12,19,21H,1,13H2,2-3H3/t19-,21-/m0/s1. The number of hydrogen-bond acceptors (Lipinski definition) is 4. The number of aryl methyl sites for hydroxylation is 2. The van der Waals surface area contributed by atoms with Gasteiger partial charge in [-0.1, -0.05) is 53.6 Å². The second-order valence-corrected chi connectivity index (χ2v) is 9.03. The highest BCUT2D eigenvalue weighted by atomic mass is 32.2. The summed E-state index contributed by atoms with van der Waals surface area (Å²) >= 11 is 0. The number of hydrogen-bond donors (Lipinski definition) is 0. The summed E-state index contributed by atoms with van der Waals surface area (Å²) in [6.45, 7) is 7.59. The van der Waals surface area contributed by atoms with E-state index in [-0.39, 0.29) is 11.4 Å². The smallest absolute Gasteiger partial charge is 0.207 e. The lowest BCUT2D eigenvalue weighted by atomic mass is 9.73. The first-order chi connectivity index (χ1) is 13.3. The molecular formula is C22H21N3O2S. The summed E-state index contributed by atoms with van der Waals surface area (Å²) in [7, 11) is -3.91. The molecule has 0 aromatic heterocycles. The Kier molecular flexibility index (Phi) is 5.12. The van der Waals surface area contributed by atoms with E-state index >= 15 is 0 Å². The highest BCUT2D eigenvalue weighted by Gasteiger charge is 2.58. The molecule has 1 heterocycles. The topological polar surface area (TPSA) is 85.0 Å². The molecule has 0 saturated carbocycles. The zero-order valence-corrected chi connectivity index (χ0v) is 16.6. The minimum Gasteiger partial charge on any atom is -0.207 e. The lowest BCUT2D eigenvalue weighted by molar-refractivity contribution is 0.327.